The Morgan fingerprint density at radius 2 is 1.83 bits per heavy atom. The minimum atomic E-state index is 0.247. The first kappa shape index (κ1) is 20.2. The summed E-state index contributed by atoms with van der Waals surface area (Å²) < 4.78 is 5.23. The summed E-state index contributed by atoms with van der Waals surface area (Å²) in [5.41, 5.74) is 1.23. The molecule has 3 fully saturated rings. The van der Waals surface area contributed by atoms with Crippen LogP contribution < -0.4 is 4.74 Å². The van der Waals surface area contributed by atoms with Crippen molar-refractivity contribution >= 4 is 11.8 Å². The van der Waals surface area contributed by atoms with Crippen molar-refractivity contribution in [2.45, 2.75) is 63.8 Å². The number of carbonyl (C=O) groups is 2. The predicted octanol–water partition coefficient (Wildman–Crippen LogP) is 3.66. The molecule has 4 rings (SSSR count). The highest BCUT2D eigenvalue weighted by atomic mass is 16.5. The summed E-state index contributed by atoms with van der Waals surface area (Å²) >= 11 is 0. The largest absolute Gasteiger partial charge is 0.497 e. The van der Waals surface area contributed by atoms with Gasteiger partial charge in [0.25, 0.3) is 0 Å². The van der Waals surface area contributed by atoms with Crippen molar-refractivity contribution in [1.29, 1.82) is 0 Å². The van der Waals surface area contributed by atoms with E-state index in [2.05, 4.69) is 21.9 Å². The molecule has 2 saturated heterocycles. The van der Waals surface area contributed by atoms with E-state index in [1.807, 2.05) is 12.1 Å². The normalized spacial score (nSPS) is 25.6. The summed E-state index contributed by atoms with van der Waals surface area (Å²) in [5, 5.41) is 0. The van der Waals surface area contributed by atoms with Crippen LogP contribution in [0.2, 0.25) is 0 Å². The Bertz CT molecular complexity index is 711. The summed E-state index contributed by atoms with van der Waals surface area (Å²) in [6, 6.07) is 8.41. The zero-order valence-electron chi connectivity index (χ0n) is 17.6. The predicted molar refractivity (Wildman–Crippen MR) is 113 cm³/mol. The molecule has 29 heavy (non-hydrogen) atoms. The standard InChI is InChI=1S/C24H34N2O3/c1-29-21-10-7-18(8-11-21)13-16-26-22-14-15-25(17-20(22)9-12-23(26)27)24(28)19-5-3-2-4-6-19/h7-8,10-11,19-20,22H,2-6,9,12-17H2,1H3/t20-,22+/m0/s1. The van der Waals surface area contributed by atoms with E-state index in [0.717, 1.165) is 57.5 Å². The van der Waals surface area contributed by atoms with Gasteiger partial charge in [0.2, 0.25) is 11.8 Å². The van der Waals surface area contributed by atoms with Crippen LogP contribution >= 0.6 is 0 Å². The molecule has 0 spiro atoms. The molecule has 1 aromatic rings. The maximum Gasteiger partial charge on any atom is 0.225 e. The van der Waals surface area contributed by atoms with Crippen LogP contribution in [0.1, 0.15) is 56.9 Å². The van der Waals surface area contributed by atoms with Crippen molar-refractivity contribution < 1.29 is 14.3 Å². The van der Waals surface area contributed by atoms with E-state index in [1.165, 1.54) is 24.8 Å². The first-order chi connectivity index (χ1) is 14.2. The smallest absolute Gasteiger partial charge is 0.225 e. The monoisotopic (exact) mass is 398 g/mol. The molecule has 1 aromatic carbocycles. The number of nitrogens with zero attached hydrogens (tertiary/aromatic N) is 2. The average Bonchev–Trinajstić information content (AvgIpc) is 2.78. The van der Waals surface area contributed by atoms with Crippen molar-refractivity contribution in [3.63, 3.8) is 0 Å². The third-order valence-electron chi connectivity index (χ3n) is 7.21. The molecule has 1 saturated carbocycles. The lowest BCUT2D eigenvalue weighted by Crippen LogP contribution is -2.57. The fourth-order valence-corrected chi connectivity index (χ4v) is 5.49. The molecule has 2 aliphatic heterocycles. The topological polar surface area (TPSA) is 49.9 Å². The van der Waals surface area contributed by atoms with Crippen molar-refractivity contribution in [2.75, 3.05) is 26.7 Å². The Morgan fingerprint density at radius 1 is 1.07 bits per heavy atom. The minimum absolute atomic E-state index is 0.247. The molecule has 2 heterocycles. The van der Waals surface area contributed by atoms with Crippen molar-refractivity contribution in [3.05, 3.63) is 29.8 Å². The molecular weight excluding hydrogens is 364 g/mol. The van der Waals surface area contributed by atoms with Crippen LogP contribution in [0.3, 0.4) is 0 Å². The van der Waals surface area contributed by atoms with E-state index in [-0.39, 0.29) is 11.8 Å². The Balaban J connectivity index is 1.35. The van der Waals surface area contributed by atoms with Crippen LogP contribution in [0, 0.1) is 11.8 Å². The van der Waals surface area contributed by atoms with Gasteiger partial charge in [0.05, 0.1) is 7.11 Å². The number of ether oxygens (including phenoxy) is 1. The van der Waals surface area contributed by atoms with Crippen LogP contribution in [-0.4, -0.2) is 54.4 Å². The number of amides is 2. The van der Waals surface area contributed by atoms with Gasteiger partial charge in [0.1, 0.15) is 5.75 Å². The van der Waals surface area contributed by atoms with E-state index < -0.39 is 0 Å². The second-order valence-electron chi connectivity index (χ2n) is 8.96. The number of piperidine rings is 2. The van der Waals surface area contributed by atoms with Gasteiger partial charge in [-0.2, -0.15) is 0 Å². The molecule has 0 radical (unpaired) electrons. The van der Waals surface area contributed by atoms with Gasteiger partial charge >= 0.3 is 0 Å². The second kappa shape index (κ2) is 9.19. The molecule has 0 unspecified atom stereocenters. The lowest BCUT2D eigenvalue weighted by molar-refractivity contribution is -0.146. The minimum Gasteiger partial charge on any atom is -0.497 e. The van der Waals surface area contributed by atoms with Crippen LogP contribution in [-0.2, 0) is 16.0 Å². The van der Waals surface area contributed by atoms with Crippen molar-refractivity contribution in [2.24, 2.45) is 11.8 Å². The zero-order chi connectivity index (χ0) is 20.2. The van der Waals surface area contributed by atoms with Gasteiger partial charge < -0.3 is 14.5 Å². The summed E-state index contributed by atoms with van der Waals surface area (Å²) in [6.45, 7) is 2.41. The third kappa shape index (κ3) is 4.59. The highest BCUT2D eigenvalue weighted by Crippen LogP contribution is 2.33. The highest BCUT2D eigenvalue weighted by Gasteiger charge is 2.41. The van der Waals surface area contributed by atoms with Gasteiger partial charge in [0, 0.05) is 38.0 Å². The maximum atomic E-state index is 13.0. The van der Waals surface area contributed by atoms with Crippen molar-refractivity contribution in [3.8, 4) is 5.75 Å². The number of likely N-dealkylation sites (tertiary alicyclic amines) is 2. The fraction of sp³-hybridized carbons (Fsp3) is 0.667. The molecule has 5 heteroatoms. The Labute approximate surface area is 174 Å². The number of fused-ring (bicyclic) bond motifs is 1. The van der Waals surface area contributed by atoms with Crippen LogP contribution in [0.4, 0.5) is 0 Å². The van der Waals surface area contributed by atoms with E-state index >= 15 is 0 Å². The fourth-order valence-electron chi connectivity index (χ4n) is 5.49. The van der Waals surface area contributed by atoms with Crippen molar-refractivity contribution in [1.82, 2.24) is 9.80 Å². The number of methoxy groups -OCH3 is 1. The molecule has 2 atom stereocenters. The SMILES string of the molecule is COc1ccc(CCN2C(=O)CC[C@H]3CN(C(=O)C4CCCCC4)CC[C@H]32)cc1. The first-order valence-corrected chi connectivity index (χ1v) is 11.4. The lowest BCUT2D eigenvalue weighted by atomic mass is 9.82. The summed E-state index contributed by atoms with van der Waals surface area (Å²) in [5.74, 6) is 2.20. The molecule has 0 bridgehead atoms. The number of rotatable bonds is 5. The molecule has 0 N–H and O–H groups in total. The summed E-state index contributed by atoms with van der Waals surface area (Å²) in [4.78, 5) is 29.9. The molecule has 1 aliphatic carbocycles. The molecule has 5 nitrogen and oxygen atoms in total. The Hall–Kier alpha value is -2.04. The van der Waals surface area contributed by atoms with Gasteiger partial charge in [-0.1, -0.05) is 31.4 Å². The zero-order valence-corrected chi connectivity index (χ0v) is 17.6. The Morgan fingerprint density at radius 3 is 2.55 bits per heavy atom. The second-order valence-corrected chi connectivity index (χ2v) is 8.96. The average molecular weight is 399 g/mol. The first-order valence-electron chi connectivity index (χ1n) is 11.4. The third-order valence-corrected chi connectivity index (χ3v) is 7.21. The number of benzene rings is 1. The van der Waals surface area contributed by atoms with Gasteiger partial charge in [-0.05, 0) is 55.7 Å². The molecule has 0 aromatic heterocycles. The number of carbonyl (C=O) groups excluding carboxylic acids is 2. The number of hydrogen-bond acceptors (Lipinski definition) is 3. The Kier molecular flexibility index (Phi) is 6.41. The van der Waals surface area contributed by atoms with Gasteiger partial charge in [0.15, 0.2) is 0 Å². The number of hydrogen-bond donors (Lipinski definition) is 0. The molecular formula is C24H34N2O3. The van der Waals surface area contributed by atoms with Gasteiger partial charge in [-0.15, -0.1) is 0 Å². The highest BCUT2D eigenvalue weighted by molar-refractivity contribution is 5.80. The van der Waals surface area contributed by atoms with Gasteiger partial charge in [-0.3, -0.25) is 9.59 Å². The molecule has 158 valence electrons. The van der Waals surface area contributed by atoms with E-state index in [0.29, 0.717) is 24.3 Å². The quantitative estimate of drug-likeness (QED) is 0.761. The molecule has 2 amide bonds. The van der Waals surface area contributed by atoms with E-state index in [9.17, 15) is 9.59 Å². The van der Waals surface area contributed by atoms with E-state index in [4.69, 9.17) is 4.74 Å². The summed E-state index contributed by atoms with van der Waals surface area (Å²) in [7, 11) is 1.67. The van der Waals surface area contributed by atoms with E-state index in [1.54, 1.807) is 7.11 Å². The molecule has 3 aliphatic rings. The van der Waals surface area contributed by atoms with Gasteiger partial charge in [-0.25, -0.2) is 0 Å². The van der Waals surface area contributed by atoms with Crippen LogP contribution in [0.15, 0.2) is 24.3 Å². The lowest BCUT2D eigenvalue weighted by Gasteiger charge is -2.47. The van der Waals surface area contributed by atoms with Crippen LogP contribution in [0.5, 0.6) is 5.75 Å². The summed E-state index contributed by atoms with van der Waals surface area (Å²) in [6.07, 6.45) is 9.15. The van der Waals surface area contributed by atoms with Crippen LogP contribution in [0.25, 0.3) is 0 Å². The maximum absolute atomic E-state index is 13.0.